The summed E-state index contributed by atoms with van der Waals surface area (Å²) in [7, 11) is 1.73. The van der Waals surface area contributed by atoms with Crippen molar-refractivity contribution in [2.75, 3.05) is 11.9 Å². The Morgan fingerprint density at radius 2 is 1.57 bits per heavy atom. The van der Waals surface area contributed by atoms with Gasteiger partial charge in [-0.1, -0.05) is 59.7 Å². The maximum absolute atomic E-state index is 13.1. The minimum absolute atomic E-state index is 0.148. The molecule has 124 valence electrons. The molecule has 0 atom stereocenters. The number of para-hydroxylation sites is 1. The van der Waals surface area contributed by atoms with Crippen LogP contribution in [-0.2, 0) is 4.79 Å². The predicted molar refractivity (Wildman–Crippen MR) is 96.4 cm³/mol. The monoisotopic (exact) mass is 314 g/mol. The van der Waals surface area contributed by atoms with Crippen LogP contribution in [0.4, 0.5) is 5.69 Å². The van der Waals surface area contributed by atoms with Gasteiger partial charge in [-0.05, 0) is 17.5 Å². The Bertz CT molecular complexity index is 651. The van der Waals surface area contributed by atoms with Crippen LogP contribution < -0.4 is 4.90 Å². The molecule has 0 spiro atoms. The van der Waals surface area contributed by atoms with Crippen molar-refractivity contribution in [2.24, 2.45) is 10.8 Å². The molecule has 1 aromatic rings. The zero-order chi connectivity index (χ0) is 17.8. The van der Waals surface area contributed by atoms with Crippen LogP contribution in [0.3, 0.4) is 0 Å². The zero-order valence-corrected chi connectivity index (χ0v) is 15.1. The highest BCUT2D eigenvalue weighted by molar-refractivity contribution is 6.07. The summed E-state index contributed by atoms with van der Waals surface area (Å²) >= 11 is 0. The third-order valence-electron chi connectivity index (χ3n) is 3.57. The summed E-state index contributed by atoms with van der Waals surface area (Å²) in [6, 6.07) is 11.9. The second kappa shape index (κ2) is 6.87. The molecule has 1 amide bonds. The molecule has 4 nitrogen and oxygen atoms in total. The molecule has 23 heavy (non-hydrogen) atoms. The van der Waals surface area contributed by atoms with Crippen molar-refractivity contribution in [3.63, 3.8) is 0 Å². The number of amides is 1. The molecule has 0 saturated carbocycles. The molecule has 0 aliphatic heterocycles. The van der Waals surface area contributed by atoms with Crippen LogP contribution in [0.1, 0.15) is 41.5 Å². The van der Waals surface area contributed by atoms with Crippen LogP contribution in [0.5, 0.6) is 0 Å². The maximum Gasteiger partial charge on any atom is 0.333 e. The number of likely N-dealkylation sites (N-methyl/N-ethyl adjacent to an activating group) is 1. The molecule has 0 bridgehead atoms. The van der Waals surface area contributed by atoms with Gasteiger partial charge in [0.05, 0.1) is 5.57 Å². The summed E-state index contributed by atoms with van der Waals surface area (Å²) in [6.07, 6.45) is 0. The predicted octanol–water partition coefficient (Wildman–Crippen LogP) is 4.87. The van der Waals surface area contributed by atoms with Crippen LogP contribution in [0.15, 0.2) is 41.5 Å². The summed E-state index contributed by atoms with van der Waals surface area (Å²) in [6.45, 7) is 11.7. The lowest BCUT2D eigenvalue weighted by Gasteiger charge is -2.30. The highest BCUT2D eigenvalue weighted by atomic mass is 16.4. The zero-order valence-electron chi connectivity index (χ0n) is 15.1. The van der Waals surface area contributed by atoms with E-state index in [2.05, 4.69) is 11.1 Å². The smallest absolute Gasteiger partial charge is 0.333 e. The molecule has 0 aliphatic rings. The number of carbonyl (C=O) groups is 1. The Morgan fingerprint density at radius 3 is 1.96 bits per heavy atom. The van der Waals surface area contributed by atoms with Gasteiger partial charge in [-0.2, -0.15) is 0 Å². The van der Waals surface area contributed by atoms with Crippen LogP contribution in [0.25, 0.3) is 5.01 Å². The molecule has 0 aliphatic carbocycles. The molecule has 0 unspecified atom stereocenters. The van der Waals surface area contributed by atoms with Crippen molar-refractivity contribution >= 4 is 11.6 Å². The highest BCUT2D eigenvalue weighted by Crippen LogP contribution is 2.37. The summed E-state index contributed by atoms with van der Waals surface area (Å²) in [5.74, 6) is -0.148. The number of hydrogen-bond acceptors (Lipinski definition) is 2. The molecule has 1 aromatic carbocycles. The number of anilines is 1. The number of carbonyl (C=O) groups excluding carboxylic acids is 1. The molecule has 0 radical (unpaired) electrons. The molecule has 0 aromatic heterocycles. The van der Waals surface area contributed by atoms with Crippen molar-refractivity contribution < 1.29 is 4.79 Å². The van der Waals surface area contributed by atoms with Crippen molar-refractivity contribution in [2.45, 2.75) is 41.5 Å². The normalized spacial score (nSPS) is 12.8. The third kappa shape index (κ3) is 4.59. The second-order valence-electron chi connectivity index (χ2n) is 7.65. The SMILES string of the molecule is CN(C(=O)/C(=C(\C#[N+][O-])C(C)(C)C)C(C)(C)C)c1ccccc1. The molecule has 0 N–H and O–H groups in total. The van der Waals surface area contributed by atoms with Gasteiger partial charge >= 0.3 is 6.07 Å². The van der Waals surface area contributed by atoms with E-state index in [1.54, 1.807) is 11.9 Å². The van der Waals surface area contributed by atoms with Gasteiger partial charge in [0.2, 0.25) is 0 Å². The lowest BCUT2D eigenvalue weighted by Crippen LogP contribution is -2.35. The van der Waals surface area contributed by atoms with Crippen LogP contribution in [0.2, 0.25) is 0 Å². The average molecular weight is 314 g/mol. The van der Waals surface area contributed by atoms with E-state index in [-0.39, 0.29) is 5.91 Å². The molecular weight excluding hydrogens is 288 g/mol. The number of allylic oxidation sites excluding steroid dienone is 1. The average Bonchev–Trinajstić information content (AvgIpc) is 2.44. The number of benzene rings is 1. The van der Waals surface area contributed by atoms with E-state index in [1.807, 2.05) is 71.9 Å². The summed E-state index contributed by atoms with van der Waals surface area (Å²) < 4.78 is 0. The Hall–Kier alpha value is -2.28. The van der Waals surface area contributed by atoms with Crippen molar-refractivity contribution in [3.05, 3.63) is 51.7 Å². The topological polar surface area (TPSA) is 47.7 Å². The first-order valence-electron chi connectivity index (χ1n) is 7.67. The third-order valence-corrected chi connectivity index (χ3v) is 3.57. The van der Waals surface area contributed by atoms with Crippen LogP contribution in [0, 0.1) is 22.1 Å². The minimum Gasteiger partial charge on any atom is -0.498 e. The lowest BCUT2D eigenvalue weighted by atomic mass is 9.75. The summed E-state index contributed by atoms with van der Waals surface area (Å²) in [4.78, 5) is 14.7. The largest absolute Gasteiger partial charge is 0.498 e. The first-order valence-corrected chi connectivity index (χ1v) is 7.67. The van der Waals surface area contributed by atoms with E-state index in [1.165, 1.54) is 0 Å². The van der Waals surface area contributed by atoms with Crippen molar-refractivity contribution in [1.29, 1.82) is 0 Å². The molecule has 1 rings (SSSR count). The molecule has 4 heteroatoms. The van der Waals surface area contributed by atoms with Crippen molar-refractivity contribution in [3.8, 4) is 6.07 Å². The fraction of sp³-hybridized carbons (Fsp3) is 0.474. The molecule has 0 heterocycles. The van der Waals surface area contributed by atoms with Gasteiger partial charge < -0.3 is 10.1 Å². The second-order valence-corrected chi connectivity index (χ2v) is 7.65. The fourth-order valence-electron chi connectivity index (χ4n) is 2.38. The minimum atomic E-state index is -0.444. The molecule has 0 fully saturated rings. The van der Waals surface area contributed by atoms with Crippen LogP contribution >= 0.6 is 0 Å². The number of rotatable bonds is 2. The first kappa shape index (κ1) is 18.8. The fourth-order valence-corrected chi connectivity index (χ4v) is 2.38. The quantitative estimate of drug-likeness (QED) is 0.444. The Labute approximate surface area is 139 Å². The van der Waals surface area contributed by atoms with E-state index >= 15 is 0 Å². The van der Waals surface area contributed by atoms with Gasteiger partial charge in [0, 0.05) is 28.7 Å². The summed E-state index contributed by atoms with van der Waals surface area (Å²) in [5.41, 5.74) is 1.04. The first-order chi connectivity index (χ1) is 10.5. The van der Waals surface area contributed by atoms with E-state index in [9.17, 15) is 10.0 Å². The lowest BCUT2D eigenvalue weighted by molar-refractivity contribution is -0.115. The van der Waals surface area contributed by atoms with Gasteiger partial charge in [0.25, 0.3) is 5.91 Å². The molecular formula is C19H26N2O2. The van der Waals surface area contributed by atoms with Gasteiger partial charge in [-0.25, -0.2) is 0 Å². The van der Waals surface area contributed by atoms with Gasteiger partial charge in [-0.15, -0.1) is 0 Å². The highest BCUT2D eigenvalue weighted by Gasteiger charge is 2.36. The summed E-state index contributed by atoms with van der Waals surface area (Å²) in [5, 5.41) is 13.7. The maximum atomic E-state index is 13.1. The van der Waals surface area contributed by atoms with Gasteiger partial charge in [0.15, 0.2) is 0 Å². The van der Waals surface area contributed by atoms with E-state index in [0.29, 0.717) is 11.1 Å². The van der Waals surface area contributed by atoms with Crippen LogP contribution in [-0.4, -0.2) is 13.0 Å². The Kier molecular flexibility index (Phi) is 5.60. The Balaban J connectivity index is 3.54. The van der Waals surface area contributed by atoms with E-state index < -0.39 is 10.8 Å². The van der Waals surface area contributed by atoms with Gasteiger partial charge in [0.1, 0.15) is 0 Å². The Morgan fingerprint density at radius 1 is 1.04 bits per heavy atom. The molecule has 0 saturated heterocycles. The number of nitrogens with zero attached hydrogens (tertiary/aromatic N) is 2. The van der Waals surface area contributed by atoms with E-state index in [0.717, 1.165) is 5.69 Å². The standard InChI is InChI=1S/C19H26N2O2/c1-18(2,3)15(13-20-23)16(19(4,5)6)17(22)21(7)14-11-9-8-10-12-14/h8-12H,1-7H3/b16-15-. The number of hydrogen-bond donors (Lipinski definition) is 0. The van der Waals surface area contributed by atoms with Crippen molar-refractivity contribution in [1.82, 2.24) is 0 Å². The van der Waals surface area contributed by atoms with Gasteiger partial charge in [-0.3, -0.25) is 4.79 Å². The van der Waals surface area contributed by atoms with E-state index in [4.69, 9.17) is 0 Å².